The molecule has 0 bridgehead atoms. The molecule has 2 aliphatic rings. The Morgan fingerprint density at radius 3 is 2.71 bits per heavy atom. The summed E-state index contributed by atoms with van der Waals surface area (Å²) in [5, 5.41) is 18.2. The summed E-state index contributed by atoms with van der Waals surface area (Å²) in [5.74, 6) is -1.18. The smallest absolute Gasteiger partial charge is 0.328 e. The zero-order chi connectivity index (χ0) is 29.9. The zero-order valence-electron chi connectivity index (χ0n) is 23.8. The van der Waals surface area contributed by atoms with Gasteiger partial charge in [-0.25, -0.2) is 22.3 Å². The van der Waals surface area contributed by atoms with Crippen molar-refractivity contribution in [3.8, 4) is 5.75 Å². The zero-order valence-corrected chi connectivity index (χ0v) is 24.6. The molecule has 4 aromatic rings. The first-order chi connectivity index (χ1) is 20.0. The van der Waals surface area contributed by atoms with Crippen molar-refractivity contribution in [3.05, 3.63) is 87.7 Å². The molecule has 11 heteroatoms. The van der Waals surface area contributed by atoms with Gasteiger partial charge in [0.05, 0.1) is 18.0 Å². The summed E-state index contributed by atoms with van der Waals surface area (Å²) in [6.07, 6.45) is 2.77. The molecular weight excluding hydrogens is 559 g/mol. The molecule has 0 saturated heterocycles. The normalized spacial score (nSPS) is 20.3. The molecule has 0 spiro atoms. The van der Waals surface area contributed by atoms with E-state index in [1.54, 1.807) is 29.9 Å². The highest BCUT2D eigenvalue weighted by atomic mass is 32.2. The van der Waals surface area contributed by atoms with Gasteiger partial charge in [0.2, 0.25) is 10.0 Å². The number of rotatable bonds is 5. The summed E-state index contributed by atoms with van der Waals surface area (Å²) >= 11 is 0. The number of carbonyl (C=O) groups is 1. The Labute approximate surface area is 243 Å². The standard InChI is InChI=1S/C31H31FN4O5S/c1-17-11-19-6-7-21(32)14-28(19)42(39,40)36(16-17)26-10-9-23-22(8-5-18(2)30(23)26)24(15-29(37)38)20-12-25-31(27(13-20)41-4)35(3)34-33-25/h5-8,12-15,17,26H,9-11,16H2,1-4H3,(H,37,38)/b24-15-/t17-,26+/m0/s1. The maximum absolute atomic E-state index is 14.3. The number of benzene rings is 3. The van der Waals surface area contributed by atoms with E-state index in [0.29, 0.717) is 64.9 Å². The van der Waals surface area contributed by atoms with Crippen molar-refractivity contribution in [1.29, 1.82) is 0 Å². The number of aromatic nitrogens is 3. The second-order valence-corrected chi connectivity index (χ2v) is 13.0. The van der Waals surface area contributed by atoms with Crippen LogP contribution in [0.3, 0.4) is 0 Å². The first-order valence-electron chi connectivity index (χ1n) is 13.7. The second kappa shape index (κ2) is 10.3. The number of methoxy groups -OCH3 is 1. The Bertz CT molecular complexity index is 1900. The summed E-state index contributed by atoms with van der Waals surface area (Å²) in [4.78, 5) is 12.1. The average Bonchev–Trinajstić information content (AvgIpc) is 3.53. The van der Waals surface area contributed by atoms with Crippen molar-refractivity contribution < 1.29 is 27.4 Å². The third-order valence-corrected chi connectivity index (χ3v) is 10.3. The molecule has 1 N–H and O–H groups in total. The van der Waals surface area contributed by atoms with Crippen LogP contribution in [0, 0.1) is 18.7 Å². The van der Waals surface area contributed by atoms with E-state index in [9.17, 15) is 22.7 Å². The maximum atomic E-state index is 14.3. The molecule has 0 amide bonds. The first-order valence-corrected chi connectivity index (χ1v) is 15.2. The summed E-state index contributed by atoms with van der Waals surface area (Å²) < 4.78 is 51.1. The number of aryl methyl sites for hydroxylation is 2. The lowest BCUT2D eigenvalue weighted by Gasteiger charge is -2.30. The molecule has 2 atom stereocenters. The van der Waals surface area contributed by atoms with Crippen molar-refractivity contribution >= 4 is 32.6 Å². The van der Waals surface area contributed by atoms with Gasteiger partial charge in [-0.2, -0.15) is 4.31 Å². The number of nitrogens with zero attached hydrogens (tertiary/aromatic N) is 4. The fourth-order valence-electron chi connectivity index (χ4n) is 6.59. The van der Waals surface area contributed by atoms with Gasteiger partial charge in [0, 0.05) is 19.7 Å². The predicted octanol–water partition coefficient (Wildman–Crippen LogP) is 4.81. The van der Waals surface area contributed by atoms with Gasteiger partial charge in [0.15, 0.2) is 0 Å². The van der Waals surface area contributed by atoms with Gasteiger partial charge in [-0.3, -0.25) is 0 Å². The Morgan fingerprint density at radius 1 is 1.19 bits per heavy atom. The Balaban J connectivity index is 1.51. The topological polar surface area (TPSA) is 115 Å². The van der Waals surface area contributed by atoms with Crippen molar-refractivity contribution in [2.75, 3.05) is 13.7 Å². The third-order valence-electron chi connectivity index (χ3n) is 8.35. The van der Waals surface area contributed by atoms with Crippen LogP contribution in [0.2, 0.25) is 0 Å². The molecule has 218 valence electrons. The minimum Gasteiger partial charge on any atom is -0.494 e. The summed E-state index contributed by atoms with van der Waals surface area (Å²) in [6, 6.07) is 10.9. The quantitative estimate of drug-likeness (QED) is 0.332. The lowest BCUT2D eigenvalue weighted by Crippen LogP contribution is -2.36. The van der Waals surface area contributed by atoms with E-state index in [1.807, 2.05) is 26.0 Å². The van der Waals surface area contributed by atoms with Crippen molar-refractivity contribution in [2.45, 2.75) is 44.0 Å². The Hall–Kier alpha value is -4.09. The van der Waals surface area contributed by atoms with Gasteiger partial charge in [-0.05, 0) is 95.3 Å². The molecule has 1 aliphatic heterocycles. The summed E-state index contributed by atoms with van der Waals surface area (Å²) in [5.41, 5.74) is 6.31. The lowest BCUT2D eigenvalue weighted by atomic mass is 9.89. The van der Waals surface area contributed by atoms with Crippen molar-refractivity contribution in [3.63, 3.8) is 0 Å². The van der Waals surface area contributed by atoms with Crippen LogP contribution in [-0.4, -0.2) is 52.4 Å². The molecular formula is C31H31FN4O5S. The second-order valence-electron chi connectivity index (χ2n) is 11.2. The van der Waals surface area contributed by atoms with Crippen LogP contribution in [-0.2, 0) is 34.7 Å². The SMILES string of the molecule is COc1cc(/C(=C/C(=O)O)c2ccc(C)c3c2CC[C@H]3N2C[C@@H](C)Cc3ccc(F)cc3S2(=O)=O)cc2nnn(C)c12. The van der Waals surface area contributed by atoms with Crippen molar-refractivity contribution in [2.24, 2.45) is 13.0 Å². The average molecular weight is 591 g/mol. The fourth-order valence-corrected chi connectivity index (χ4v) is 8.58. The fraction of sp³-hybridized carbons (Fsp3) is 0.323. The van der Waals surface area contributed by atoms with E-state index >= 15 is 0 Å². The highest BCUT2D eigenvalue weighted by Gasteiger charge is 2.41. The number of carboxylic acids is 1. The van der Waals surface area contributed by atoms with Gasteiger partial charge in [0.25, 0.3) is 0 Å². The van der Waals surface area contributed by atoms with Gasteiger partial charge >= 0.3 is 5.97 Å². The first kappa shape index (κ1) is 28.0. The Kier molecular flexibility index (Phi) is 6.89. The van der Waals surface area contributed by atoms with E-state index in [0.717, 1.165) is 22.8 Å². The van der Waals surface area contributed by atoms with Crippen LogP contribution in [0.4, 0.5) is 4.39 Å². The number of hydrogen-bond acceptors (Lipinski definition) is 6. The number of carboxylic acid groups (broad SMARTS) is 1. The van der Waals surface area contributed by atoms with E-state index < -0.39 is 27.9 Å². The monoisotopic (exact) mass is 590 g/mol. The van der Waals surface area contributed by atoms with E-state index in [1.165, 1.54) is 23.6 Å². The molecule has 42 heavy (non-hydrogen) atoms. The molecule has 2 heterocycles. The molecule has 0 fully saturated rings. The molecule has 0 saturated carbocycles. The largest absolute Gasteiger partial charge is 0.494 e. The molecule has 3 aromatic carbocycles. The molecule has 9 nitrogen and oxygen atoms in total. The molecule has 1 aromatic heterocycles. The van der Waals surface area contributed by atoms with E-state index in [-0.39, 0.29) is 10.8 Å². The summed E-state index contributed by atoms with van der Waals surface area (Å²) in [6.45, 7) is 4.24. The van der Waals surface area contributed by atoms with Crippen LogP contribution in [0.1, 0.15) is 52.8 Å². The van der Waals surface area contributed by atoms with Gasteiger partial charge in [-0.1, -0.05) is 30.3 Å². The molecule has 0 radical (unpaired) electrons. The maximum Gasteiger partial charge on any atom is 0.328 e. The highest BCUT2D eigenvalue weighted by Crippen LogP contribution is 2.46. The minimum atomic E-state index is -4.00. The number of ether oxygens (including phenoxy) is 1. The number of sulfonamides is 1. The lowest BCUT2D eigenvalue weighted by molar-refractivity contribution is -0.131. The predicted molar refractivity (Wildman–Crippen MR) is 155 cm³/mol. The number of hydrogen-bond donors (Lipinski definition) is 1. The highest BCUT2D eigenvalue weighted by molar-refractivity contribution is 7.89. The van der Waals surface area contributed by atoms with Crippen molar-refractivity contribution in [1.82, 2.24) is 19.3 Å². The van der Waals surface area contributed by atoms with Gasteiger partial charge in [-0.15, -0.1) is 5.10 Å². The van der Waals surface area contributed by atoms with Crippen LogP contribution in [0.5, 0.6) is 5.75 Å². The minimum absolute atomic E-state index is 0.0185. The third kappa shape index (κ3) is 4.57. The molecule has 6 rings (SSSR count). The van der Waals surface area contributed by atoms with Crippen LogP contribution < -0.4 is 4.74 Å². The number of fused-ring (bicyclic) bond motifs is 3. The van der Waals surface area contributed by atoms with E-state index in [4.69, 9.17) is 4.74 Å². The Morgan fingerprint density at radius 2 is 1.98 bits per heavy atom. The molecule has 0 unspecified atom stereocenters. The van der Waals surface area contributed by atoms with Crippen LogP contribution in [0.25, 0.3) is 16.6 Å². The van der Waals surface area contributed by atoms with Crippen LogP contribution in [0.15, 0.2) is 53.4 Å². The summed E-state index contributed by atoms with van der Waals surface area (Å²) in [7, 11) is -0.715. The number of halogens is 1. The molecule has 1 aliphatic carbocycles. The van der Waals surface area contributed by atoms with E-state index in [2.05, 4.69) is 10.3 Å². The van der Waals surface area contributed by atoms with Crippen LogP contribution >= 0.6 is 0 Å². The number of aliphatic carboxylic acids is 1. The van der Waals surface area contributed by atoms with Gasteiger partial charge in [0.1, 0.15) is 22.6 Å². The van der Waals surface area contributed by atoms with Gasteiger partial charge < -0.3 is 9.84 Å².